The van der Waals surface area contributed by atoms with E-state index in [1.54, 1.807) is 54.7 Å². The first-order valence-electron chi connectivity index (χ1n) is 12.6. The van der Waals surface area contributed by atoms with Crippen molar-refractivity contribution in [1.82, 2.24) is 25.8 Å². The minimum Gasteiger partial charge on any atom is -0.491 e. The zero-order valence-corrected chi connectivity index (χ0v) is 21.8. The summed E-state index contributed by atoms with van der Waals surface area (Å²) >= 11 is 0. The van der Waals surface area contributed by atoms with E-state index in [9.17, 15) is 24.3 Å². The predicted molar refractivity (Wildman–Crippen MR) is 143 cm³/mol. The van der Waals surface area contributed by atoms with E-state index < -0.39 is 35.8 Å². The van der Waals surface area contributed by atoms with Gasteiger partial charge < -0.3 is 30.7 Å². The zero-order valence-electron chi connectivity index (χ0n) is 21.8. The van der Waals surface area contributed by atoms with Crippen molar-refractivity contribution in [3.05, 3.63) is 71.4 Å². The van der Waals surface area contributed by atoms with Gasteiger partial charge in [0.15, 0.2) is 0 Å². The van der Waals surface area contributed by atoms with Crippen molar-refractivity contribution in [1.29, 1.82) is 0 Å². The smallest absolute Gasteiger partial charge is 0.255 e. The first-order chi connectivity index (χ1) is 18.7. The fourth-order valence-electron chi connectivity index (χ4n) is 4.24. The lowest BCUT2D eigenvalue weighted by atomic mass is 10.1. The molecule has 4 rings (SSSR count). The second-order valence-electron chi connectivity index (χ2n) is 9.26. The normalized spacial score (nSPS) is 18.3. The Morgan fingerprint density at radius 3 is 2.72 bits per heavy atom. The molecule has 0 aliphatic carbocycles. The van der Waals surface area contributed by atoms with Crippen LogP contribution in [-0.4, -0.2) is 83.6 Å². The van der Waals surface area contributed by atoms with Crippen LogP contribution < -0.4 is 20.7 Å². The third kappa shape index (κ3) is 6.68. The topological polar surface area (TPSA) is 150 Å². The van der Waals surface area contributed by atoms with Gasteiger partial charge in [0, 0.05) is 35.8 Å². The molecule has 0 saturated carbocycles. The number of rotatable bonds is 2. The molecule has 1 aliphatic rings. The highest BCUT2D eigenvalue weighted by atomic mass is 16.5. The highest BCUT2D eigenvalue weighted by molar-refractivity contribution is 6.07. The van der Waals surface area contributed by atoms with Crippen LogP contribution >= 0.6 is 0 Å². The number of amides is 4. The van der Waals surface area contributed by atoms with Gasteiger partial charge >= 0.3 is 0 Å². The number of nitrogens with one attached hydrogen (secondary N) is 3. The molecule has 11 heteroatoms. The van der Waals surface area contributed by atoms with Crippen molar-refractivity contribution in [2.24, 2.45) is 0 Å². The Kier molecular flexibility index (Phi) is 8.72. The molecule has 2 atom stereocenters. The fraction of sp³-hybridized carbons (Fsp3) is 0.321. The van der Waals surface area contributed by atoms with Crippen molar-refractivity contribution in [2.75, 3.05) is 32.8 Å². The molecule has 0 fully saturated rings. The molecule has 1 aliphatic heterocycles. The third-order valence-electron chi connectivity index (χ3n) is 6.36. The van der Waals surface area contributed by atoms with E-state index in [1.165, 1.54) is 11.8 Å². The highest BCUT2D eigenvalue weighted by Crippen LogP contribution is 2.20. The summed E-state index contributed by atoms with van der Waals surface area (Å²) < 4.78 is 5.78. The minimum absolute atomic E-state index is 0.00555. The first kappa shape index (κ1) is 27.5. The summed E-state index contributed by atoms with van der Waals surface area (Å²) in [6.45, 7) is 3.26. The number of aliphatic hydroxyl groups excluding tert-OH is 1. The second kappa shape index (κ2) is 12.4. The van der Waals surface area contributed by atoms with Gasteiger partial charge in [0.1, 0.15) is 18.4 Å². The highest BCUT2D eigenvalue weighted by Gasteiger charge is 2.27. The number of carbonyl (C=O) groups is 4. The summed E-state index contributed by atoms with van der Waals surface area (Å²) in [6, 6.07) is 12.3. The van der Waals surface area contributed by atoms with Gasteiger partial charge in [-0.1, -0.05) is 18.2 Å². The molecule has 0 radical (unpaired) electrons. The van der Waals surface area contributed by atoms with Gasteiger partial charge in [-0.3, -0.25) is 24.2 Å². The number of nitrogens with zero attached hydrogens (tertiary/aromatic N) is 2. The Bertz CT molecular complexity index is 1390. The lowest BCUT2D eigenvalue weighted by molar-refractivity contribution is -0.125. The Morgan fingerprint density at radius 2 is 1.92 bits per heavy atom. The molecule has 3 aromatic rings. The quantitative estimate of drug-likeness (QED) is 0.380. The van der Waals surface area contributed by atoms with Crippen molar-refractivity contribution < 1.29 is 29.0 Å². The molecule has 4 N–H and O–H groups in total. The molecule has 11 nitrogen and oxygen atoms in total. The summed E-state index contributed by atoms with van der Waals surface area (Å²) in [6.07, 6.45) is 0.440. The Labute approximate surface area is 225 Å². The summed E-state index contributed by atoms with van der Waals surface area (Å²) in [4.78, 5) is 57.8. The number of pyridine rings is 1. The van der Waals surface area contributed by atoms with Gasteiger partial charge in [0.05, 0.1) is 24.7 Å². The Balaban J connectivity index is 1.59. The van der Waals surface area contributed by atoms with Crippen LogP contribution in [0.5, 0.6) is 5.75 Å². The largest absolute Gasteiger partial charge is 0.491 e. The zero-order chi connectivity index (χ0) is 27.9. The number of aryl methyl sites for hydroxylation is 1. The van der Waals surface area contributed by atoms with Crippen molar-refractivity contribution in [3.8, 4) is 5.75 Å². The average molecular weight is 534 g/mol. The van der Waals surface area contributed by atoms with E-state index in [2.05, 4.69) is 20.9 Å². The van der Waals surface area contributed by atoms with Gasteiger partial charge in [0.25, 0.3) is 11.8 Å². The maximum Gasteiger partial charge on any atom is 0.255 e. The minimum atomic E-state index is -1.24. The number of fused-ring (bicyclic) bond motifs is 3. The lowest BCUT2D eigenvalue weighted by Crippen LogP contribution is -2.53. The van der Waals surface area contributed by atoms with Gasteiger partial charge in [-0.15, -0.1) is 0 Å². The maximum atomic E-state index is 13.6. The van der Waals surface area contributed by atoms with Crippen LogP contribution in [0.3, 0.4) is 0 Å². The summed E-state index contributed by atoms with van der Waals surface area (Å²) in [5.41, 5.74) is 2.04. The maximum absolute atomic E-state index is 13.6. The van der Waals surface area contributed by atoms with Crippen LogP contribution in [0.25, 0.3) is 10.9 Å². The van der Waals surface area contributed by atoms with Crippen molar-refractivity contribution in [3.63, 3.8) is 0 Å². The molecule has 1 aromatic heterocycles. The lowest BCUT2D eigenvalue weighted by Gasteiger charge is -2.25. The monoisotopic (exact) mass is 533 g/mol. The van der Waals surface area contributed by atoms with Gasteiger partial charge in [-0.2, -0.15) is 0 Å². The standard InChI is InChI=1S/C28H31N5O6/c1-17-8-9-19-15-23(17)39-14-12-30-24(35)16-33(13-11-31-27(37)25(18(2)34)32-26(19)36)28(38)21-5-3-7-22-20(21)6-4-10-29-22/h3-10,15,18,25,34H,11-14,16H2,1-2H3,(H,30,35)(H,31,37)(H,32,36)/t18-,25+/m1/s1. The van der Waals surface area contributed by atoms with Crippen LogP contribution in [-0.2, 0) is 9.59 Å². The number of carbonyl (C=O) groups excluding carboxylic acids is 4. The average Bonchev–Trinajstić information content (AvgIpc) is 2.92. The van der Waals surface area contributed by atoms with E-state index in [1.807, 2.05) is 6.92 Å². The van der Waals surface area contributed by atoms with E-state index in [0.717, 1.165) is 5.56 Å². The molecule has 0 saturated heterocycles. The molecule has 0 unspecified atom stereocenters. The molecule has 2 aromatic carbocycles. The van der Waals surface area contributed by atoms with Crippen LogP contribution in [0.15, 0.2) is 54.7 Å². The number of hydrogen-bond donors (Lipinski definition) is 4. The van der Waals surface area contributed by atoms with Gasteiger partial charge in [0.2, 0.25) is 11.8 Å². The van der Waals surface area contributed by atoms with E-state index in [4.69, 9.17) is 4.74 Å². The van der Waals surface area contributed by atoms with Crippen LogP contribution in [0.2, 0.25) is 0 Å². The molecule has 204 valence electrons. The number of benzene rings is 2. The molecule has 0 spiro atoms. The van der Waals surface area contributed by atoms with E-state index in [0.29, 0.717) is 22.2 Å². The third-order valence-corrected chi connectivity index (χ3v) is 6.36. The predicted octanol–water partition coefficient (Wildman–Crippen LogP) is 0.790. The SMILES string of the molecule is Cc1ccc2cc1OCCNC(=O)CN(C(=O)c1cccc3ncccc13)CCNC(=O)[C@H]([C@@H](C)O)NC2=O. The van der Waals surface area contributed by atoms with Gasteiger partial charge in [-0.05, 0) is 49.7 Å². The molecular weight excluding hydrogens is 502 g/mol. The fourth-order valence-corrected chi connectivity index (χ4v) is 4.24. The summed E-state index contributed by atoms with van der Waals surface area (Å²) in [7, 11) is 0. The van der Waals surface area contributed by atoms with E-state index >= 15 is 0 Å². The van der Waals surface area contributed by atoms with E-state index in [-0.39, 0.29) is 38.3 Å². The summed E-state index contributed by atoms with van der Waals surface area (Å²) in [5.74, 6) is -1.54. The number of aromatic nitrogens is 1. The summed E-state index contributed by atoms with van der Waals surface area (Å²) in [5, 5.41) is 18.8. The van der Waals surface area contributed by atoms with Crippen molar-refractivity contribution in [2.45, 2.75) is 26.0 Å². The first-order valence-corrected chi connectivity index (χ1v) is 12.6. The van der Waals surface area contributed by atoms with Crippen LogP contribution in [0, 0.1) is 6.92 Å². The number of hydrogen-bond acceptors (Lipinski definition) is 7. The number of aliphatic hydroxyl groups is 1. The van der Waals surface area contributed by atoms with Crippen LogP contribution in [0.1, 0.15) is 33.2 Å². The molecule has 2 bridgehead atoms. The second-order valence-corrected chi connectivity index (χ2v) is 9.26. The molecule has 39 heavy (non-hydrogen) atoms. The van der Waals surface area contributed by atoms with Gasteiger partial charge in [-0.25, -0.2) is 0 Å². The number of ether oxygens (including phenoxy) is 1. The van der Waals surface area contributed by atoms with Crippen molar-refractivity contribution >= 4 is 34.5 Å². The van der Waals surface area contributed by atoms with Crippen LogP contribution in [0.4, 0.5) is 0 Å². The molecule has 2 heterocycles. The Morgan fingerprint density at radius 1 is 1.10 bits per heavy atom. The molecule has 4 amide bonds. The molecular formula is C28H31N5O6. The Hall–Kier alpha value is -4.51.